The quantitative estimate of drug-likeness (QED) is 0.589. The molecule has 2 aliphatic carbocycles. The molecule has 0 aliphatic heterocycles. The predicted molar refractivity (Wildman–Crippen MR) is 64.4 cm³/mol. The van der Waals surface area contributed by atoms with Gasteiger partial charge in [0, 0.05) is 24.8 Å². The van der Waals surface area contributed by atoms with Crippen LogP contribution in [0.5, 0.6) is 0 Å². The van der Waals surface area contributed by atoms with E-state index in [1.807, 2.05) is 0 Å². The molecular formula is C13H25NO2. The Bertz CT molecular complexity index is 214. The average molecular weight is 227 g/mol. The van der Waals surface area contributed by atoms with Crippen molar-refractivity contribution >= 4 is 0 Å². The lowest BCUT2D eigenvalue weighted by molar-refractivity contribution is 0.0830. The van der Waals surface area contributed by atoms with Gasteiger partial charge in [0.05, 0.1) is 6.61 Å². The molecule has 0 heterocycles. The Balaban J connectivity index is 1.53. The molecule has 0 aromatic carbocycles. The van der Waals surface area contributed by atoms with E-state index in [4.69, 9.17) is 4.74 Å². The molecule has 0 aromatic heterocycles. The SMILES string of the molecule is CC(CO)(CCOCCC1CC1)NC1CC1. The summed E-state index contributed by atoms with van der Waals surface area (Å²) in [4.78, 5) is 0. The minimum atomic E-state index is -0.138. The molecule has 1 atom stereocenters. The monoisotopic (exact) mass is 227 g/mol. The molecule has 2 saturated carbocycles. The summed E-state index contributed by atoms with van der Waals surface area (Å²) in [6, 6.07) is 0.642. The van der Waals surface area contributed by atoms with Gasteiger partial charge in [-0.05, 0) is 38.5 Å². The normalized spacial score (nSPS) is 24.4. The van der Waals surface area contributed by atoms with E-state index in [1.54, 1.807) is 0 Å². The van der Waals surface area contributed by atoms with Crippen molar-refractivity contribution in [3.63, 3.8) is 0 Å². The first-order valence-electron chi connectivity index (χ1n) is 6.68. The average Bonchev–Trinajstić information content (AvgIpc) is 3.11. The molecule has 0 amide bonds. The van der Waals surface area contributed by atoms with Crippen LogP contribution in [-0.4, -0.2) is 36.5 Å². The molecule has 1 unspecified atom stereocenters. The van der Waals surface area contributed by atoms with Crippen LogP contribution >= 0.6 is 0 Å². The zero-order chi connectivity index (χ0) is 11.4. The molecule has 0 radical (unpaired) electrons. The van der Waals surface area contributed by atoms with E-state index >= 15 is 0 Å². The minimum absolute atomic E-state index is 0.138. The van der Waals surface area contributed by atoms with Crippen LogP contribution in [0.25, 0.3) is 0 Å². The Hall–Kier alpha value is -0.120. The van der Waals surface area contributed by atoms with Crippen molar-refractivity contribution < 1.29 is 9.84 Å². The molecular weight excluding hydrogens is 202 g/mol. The Labute approximate surface area is 98.6 Å². The second-order valence-electron chi connectivity index (χ2n) is 5.73. The Morgan fingerprint density at radius 1 is 1.25 bits per heavy atom. The standard InChI is InChI=1S/C13H25NO2/c1-13(10-15,14-12-4-5-12)7-9-16-8-6-11-2-3-11/h11-12,14-15H,2-10H2,1H3. The first-order chi connectivity index (χ1) is 7.72. The van der Waals surface area contributed by atoms with Crippen molar-refractivity contribution in [2.45, 2.75) is 57.0 Å². The molecule has 0 spiro atoms. The molecule has 0 aromatic rings. The van der Waals surface area contributed by atoms with Gasteiger partial charge in [0.15, 0.2) is 0 Å². The fraction of sp³-hybridized carbons (Fsp3) is 1.00. The maximum absolute atomic E-state index is 9.40. The van der Waals surface area contributed by atoms with Crippen LogP contribution in [0, 0.1) is 5.92 Å². The number of nitrogens with one attached hydrogen (secondary N) is 1. The molecule has 94 valence electrons. The minimum Gasteiger partial charge on any atom is -0.394 e. The molecule has 3 nitrogen and oxygen atoms in total. The second kappa shape index (κ2) is 5.48. The van der Waals surface area contributed by atoms with E-state index in [-0.39, 0.29) is 12.1 Å². The highest BCUT2D eigenvalue weighted by Crippen LogP contribution is 2.32. The van der Waals surface area contributed by atoms with Crippen LogP contribution in [0.15, 0.2) is 0 Å². The fourth-order valence-electron chi connectivity index (χ4n) is 1.97. The molecule has 0 saturated heterocycles. The Morgan fingerprint density at radius 3 is 2.56 bits per heavy atom. The van der Waals surface area contributed by atoms with Crippen LogP contribution in [0.1, 0.15) is 45.4 Å². The van der Waals surface area contributed by atoms with Gasteiger partial charge < -0.3 is 15.2 Å². The number of hydrogen-bond acceptors (Lipinski definition) is 3. The summed E-state index contributed by atoms with van der Waals surface area (Å²) < 4.78 is 5.63. The molecule has 16 heavy (non-hydrogen) atoms. The summed E-state index contributed by atoms with van der Waals surface area (Å²) in [6.45, 7) is 3.96. The summed E-state index contributed by atoms with van der Waals surface area (Å²) in [5.74, 6) is 0.953. The molecule has 2 rings (SSSR count). The third-order valence-corrected chi connectivity index (χ3v) is 3.64. The van der Waals surface area contributed by atoms with Crippen molar-refractivity contribution in [3.8, 4) is 0 Å². The van der Waals surface area contributed by atoms with Crippen LogP contribution in [0.4, 0.5) is 0 Å². The van der Waals surface area contributed by atoms with Gasteiger partial charge in [-0.25, -0.2) is 0 Å². The topological polar surface area (TPSA) is 41.5 Å². The number of aliphatic hydroxyl groups is 1. The van der Waals surface area contributed by atoms with Gasteiger partial charge in [0.1, 0.15) is 0 Å². The van der Waals surface area contributed by atoms with E-state index < -0.39 is 0 Å². The highest BCUT2D eigenvalue weighted by molar-refractivity contribution is 4.92. The van der Waals surface area contributed by atoms with Crippen LogP contribution in [0.3, 0.4) is 0 Å². The molecule has 3 heteroatoms. The highest BCUT2D eigenvalue weighted by Gasteiger charge is 2.31. The van der Waals surface area contributed by atoms with Crippen LogP contribution in [-0.2, 0) is 4.74 Å². The largest absolute Gasteiger partial charge is 0.394 e. The summed E-state index contributed by atoms with van der Waals surface area (Å²) in [5, 5.41) is 12.9. The Kier molecular flexibility index (Phi) is 4.22. The lowest BCUT2D eigenvalue weighted by Gasteiger charge is -2.28. The molecule has 2 aliphatic rings. The van der Waals surface area contributed by atoms with Crippen molar-refractivity contribution in [2.75, 3.05) is 19.8 Å². The van der Waals surface area contributed by atoms with Gasteiger partial charge in [-0.1, -0.05) is 12.8 Å². The maximum Gasteiger partial charge on any atom is 0.0611 e. The van der Waals surface area contributed by atoms with Crippen LogP contribution < -0.4 is 5.32 Å². The third kappa shape index (κ3) is 4.40. The highest BCUT2D eigenvalue weighted by atomic mass is 16.5. The van der Waals surface area contributed by atoms with Crippen molar-refractivity contribution in [2.24, 2.45) is 5.92 Å². The van der Waals surface area contributed by atoms with Crippen LogP contribution in [0.2, 0.25) is 0 Å². The van der Waals surface area contributed by atoms with E-state index in [0.29, 0.717) is 6.04 Å². The number of rotatable bonds is 9. The predicted octanol–water partition coefficient (Wildman–Crippen LogP) is 1.70. The summed E-state index contributed by atoms with van der Waals surface area (Å²) in [7, 11) is 0. The lowest BCUT2D eigenvalue weighted by atomic mass is 9.99. The first kappa shape index (κ1) is 12.3. The first-order valence-corrected chi connectivity index (χ1v) is 6.68. The molecule has 0 bridgehead atoms. The van der Waals surface area contributed by atoms with E-state index in [9.17, 15) is 5.11 Å². The number of aliphatic hydroxyl groups excluding tert-OH is 1. The summed E-state index contributed by atoms with van der Waals surface area (Å²) in [6.07, 6.45) is 7.47. The van der Waals surface area contributed by atoms with Crippen molar-refractivity contribution in [3.05, 3.63) is 0 Å². The summed E-state index contributed by atoms with van der Waals surface area (Å²) >= 11 is 0. The van der Waals surface area contributed by atoms with Gasteiger partial charge in [-0.2, -0.15) is 0 Å². The fourth-order valence-corrected chi connectivity index (χ4v) is 1.97. The van der Waals surface area contributed by atoms with Gasteiger partial charge in [0.25, 0.3) is 0 Å². The Morgan fingerprint density at radius 2 is 2.00 bits per heavy atom. The number of hydrogen-bond donors (Lipinski definition) is 2. The smallest absolute Gasteiger partial charge is 0.0611 e. The molecule has 2 fully saturated rings. The lowest BCUT2D eigenvalue weighted by Crippen LogP contribution is -2.47. The third-order valence-electron chi connectivity index (χ3n) is 3.64. The van der Waals surface area contributed by atoms with E-state index in [0.717, 1.165) is 25.6 Å². The van der Waals surface area contributed by atoms with E-state index in [1.165, 1.54) is 32.1 Å². The van der Waals surface area contributed by atoms with Gasteiger partial charge in [-0.3, -0.25) is 0 Å². The zero-order valence-corrected chi connectivity index (χ0v) is 10.4. The zero-order valence-electron chi connectivity index (χ0n) is 10.4. The van der Waals surface area contributed by atoms with E-state index in [2.05, 4.69) is 12.2 Å². The summed E-state index contributed by atoms with van der Waals surface area (Å²) in [5.41, 5.74) is -0.138. The van der Waals surface area contributed by atoms with Gasteiger partial charge >= 0.3 is 0 Å². The maximum atomic E-state index is 9.40. The van der Waals surface area contributed by atoms with Gasteiger partial charge in [0.2, 0.25) is 0 Å². The second-order valence-corrected chi connectivity index (χ2v) is 5.73. The number of ether oxygens (including phenoxy) is 1. The van der Waals surface area contributed by atoms with Crippen molar-refractivity contribution in [1.29, 1.82) is 0 Å². The van der Waals surface area contributed by atoms with Gasteiger partial charge in [-0.15, -0.1) is 0 Å². The molecule has 2 N–H and O–H groups in total. The van der Waals surface area contributed by atoms with Crippen molar-refractivity contribution in [1.82, 2.24) is 5.32 Å².